The van der Waals surface area contributed by atoms with E-state index in [1.54, 1.807) is 16.8 Å². The number of alkyl halides is 1. The molecule has 1 saturated carbocycles. The van der Waals surface area contributed by atoms with E-state index in [0.717, 1.165) is 11.7 Å². The highest BCUT2D eigenvalue weighted by Gasteiger charge is 2.30. The summed E-state index contributed by atoms with van der Waals surface area (Å²) in [4.78, 5) is 2.25. The molecule has 1 fully saturated rings. The van der Waals surface area contributed by atoms with Gasteiger partial charge in [0, 0.05) is 18.5 Å². The topological polar surface area (TPSA) is 29.0 Å². The molecule has 0 spiro atoms. The summed E-state index contributed by atoms with van der Waals surface area (Å²) in [6, 6.07) is 0.677. The SMILES string of the molecule is ClCCN(c1nncs1)C1CC1. The van der Waals surface area contributed by atoms with Crippen LogP contribution in [0.5, 0.6) is 0 Å². The third kappa shape index (κ3) is 1.69. The van der Waals surface area contributed by atoms with Gasteiger partial charge in [-0.25, -0.2) is 0 Å². The third-order valence-corrected chi connectivity index (χ3v) is 2.80. The lowest BCUT2D eigenvalue weighted by atomic mass is 10.5. The van der Waals surface area contributed by atoms with Crippen molar-refractivity contribution in [2.75, 3.05) is 17.3 Å². The fourth-order valence-electron chi connectivity index (χ4n) is 1.20. The van der Waals surface area contributed by atoms with E-state index in [1.807, 2.05) is 0 Å². The maximum atomic E-state index is 5.70. The van der Waals surface area contributed by atoms with E-state index in [4.69, 9.17) is 11.6 Å². The van der Waals surface area contributed by atoms with Crippen molar-refractivity contribution in [3.63, 3.8) is 0 Å². The molecular formula is C7H10ClN3S. The maximum Gasteiger partial charge on any atom is 0.208 e. The lowest BCUT2D eigenvalue weighted by Gasteiger charge is -2.18. The zero-order valence-electron chi connectivity index (χ0n) is 6.61. The molecule has 0 amide bonds. The van der Waals surface area contributed by atoms with Crippen LogP contribution in [0.15, 0.2) is 5.51 Å². The van der Waals surface area contributed by atoms with Crippen molar-refractivity contribution in [3.05, 3.63) is 5.51 Å². The van der Waals surface area contributed by atoms with E-state index in [-0.39, 0.29) is 0 Å². The Balaban J connectivity index is 2.05. The Morgan fingerprint density at radius 3 is 3.00 bits per heavy atom. The molecule has 5 heteroatoms. The molecule has 0 aromatic carbocycles. The van der Waals surface area contributed by atoms with Crippen LogP contribution in [0.4, 0.5) is 5.13 Å². The van der Waals surface area contributed by atoms with Gasteiger partial charge in [0.2, 0.25) is 5.13 Å². The Hall–Kier alpha value is -0.350. The van der Waals surface area contributed by atoms with Crippen molar-refractivity contribution in [1.82, 2.24) is 10.2 Å². The Bertz CT molecular complexity index is 235. The van der Waals surface area contributed by atoms with Crippen molar-refractivity contribution in [3.8, 4) is 0 Å². The molecular weight excluding hydrogens is 194 g/mol. The van der Waals surface area contributed by atoms with Crippen LogP contribution in [0.2, 0.25) is 0 Å². The van der Waals surface area contributed by atoms with Crippen LogP contribution in [0.25, 0.3) is 0 Å². The lowest BCUT2D eigenvalue weighted by molar-refractivity contribution is 0.813. The Morgan fingerprint density at radius 2 is 2.50 bits per heavy atom. The molecule has 1 heterocycles. The first-order valence-corrected chi connectivity index (χ1v) is 5.42. The number of rotatable bonds is 4. The van der Waals surface area contributed by atoms with Crippen LogP contribution in [0.3, 0.4) is 0 Å². The minimum absolute atomic E-state index is 0.663. The summed E-state index contributed by atoms with van der Waals surface area (Å²) in [5.74, 6) is 0.663. The molecule has 0 N–H and O–H groups in total. The first-order valence-electron chi connectivity index (χ1n) is 4.00. The molecule has 12 heavy (non-hydrogen) atoms. The van der Waals surface area contributed by atoms with Gasteiger partial charge in [-0.3, -0.25) is 0 Å². The monoisotopic (exact) mass is 203 g/mol. The average Bonchev–Trinajstić information content (AvgIpc) is 2.77. The average molecular weight is 204 g/mol. The zero-order valence-corrected chi connectivity index (χ0v) is 8.18. The van der Waals surface area contributed by atoms with Gasteiger partial charge in [-0.05, 0) is 12.8 Å². The summed E-state index contributed by atoms with van der Waals surface area (Å²) in [6.45, 7) is 0.890. The second kappa shape index (κ2) is 3.58. The quantitative estimate of drug-likeness (QED) is 0.699. The first kappa shape index (κ1) is 8.26. The van der Waals surface area contributed by atoms with Gasteiger partial charge in [-0.15, -0.1) is 21.8 Å². The van der Waals surface area contributed by atoms with Gasteiger partial charge in [0.1, 0.15) is 5.51 Å². The van der Waals surface area contributed by atoms with Gasteiger partial charge in [0.15, 0.2) is 0 Å². The highest BCUT2D eigenvalue weighted by atomic mass is 35.5. The third-order valence-electron chi connectivity index (χ3n) is 1.91. The van der Waals surface area contributed by atoms with Crippen molar-refractivity contribution >= 4 is 28.1 Å². The highest BCUT2D eigenvalue weighted by Crippen LogP contribution is 2.31. The van der Waals surface area contributed by atoms with Gasteiger partial charge in [0.25, 0.3) is 0 Å². The molecule has 1 aromatic heterocycles. The summed E-state index contributed by atoms with van der Waals surface area (Å²) < 4.78 is 0. The second-order valence-electron chi connectivity index (χ2n) is 2.83. The fraction of sp³-hybridized carbons (Fsp3) is 0.714. The molecule has 0 aliphatic heterocycles. The molecule has 1 aromatic rings. The van der Waals surface area contributed by atoms with E-state index in [0.29, 0.717) is 11.9 Å². The van der Waals surface area contributed by atoms with Crippen LogP contribution in [-0.2, 0) is 0 Å². The largest absolute Gasteiger partial charge is 0.342 e. The summed E-state index contributed by atoms with van der Waals surface area (Å²) >= 11 is 7.28. The van der Waals surface area contributed by atoms with Crippen molar-refractivity contribution in [2.45, 2.75) is 18.9 Å². The zero-order chi connectivity index (χ0) is 8.39. The standard InChI is InChI=1S/C7H10ClN3S/c8-3-4-11(6-1-2-6)7-10-9-5-12-7/h5-6H,1-4H2. The summed E-state index contributed by atoms with van der Waals surface area (Å²) in [5.41, 5.74) is 1.76. The smallest absolute Gasteiger partial charge is 0.208 e. The van der Waals surface area contributed by atoms with Crippen molar-refractivity contribution < 1.29 is 0 Å². The number of aromatic nitrogens is 2. The van der Waals surface area contributed by atoms with Crippen LogP contribution in [0.1, 0.15) is 12.8 Å². The first-order chi connectivity index (χ1) is 5.92. The molecule has 3 nitrogen and oxygen atoms in total. The molecule has 0 atom stereocenters. The molecule has 1 aliphatic carbocycles. The van der Waals surface area contributed by atoms with Crippen LogP contribution < -0.4 is 4.90 Å². The number of halogens is 1. The van der Waals surface area contributed by atoms with E-state index >= 15 is 0 Å². The molecule has 2 rings (SSSR count). The molecule has 0 bridgehead atoms. The fourth-order valence-corrected chi connectivity index (χ4v) is 2.04. The Kier molecular flexibility index (Phi) is 2.46. The summed E-state index contributed by atoms with van der Waals surface area (Å²) in [6.07, 6.45) is 2.55. The lowest BCUT2D eigenvalue weighted by Crippen LogP contribution is -2.27. The number of nitrogens with zero attached hydrogens (tertiary/aromatic N) is 3. The van der Waals surface area contributed by atoms with E-state index in [1.165, 1.54) is 12.8 Å². The molecule has 0 radical (unpaired) electrons. The van der Waals surface area contributed by atoms with Gasteiger partial charge in [-0.1, -0.05) is 11.3 Å². The minimum Gasteiger partial charge on any atom is -0.342 e. The Labute approximate surface area is 80.4 Å². The van der Waals surface area contributed by atoms with E-state index < -0.39 is 0 Å². The molecule has 0 saturated heterocycles. The normalized spacial score (nSPS) is 16.4. The summed E-state index contributed by atoms with van der Waals surface area (Å²) in [5, 5.41) is 8.86. The predicted octanol–water partition coefficient (Wildman–Crippen LogP) is 1.75. The van der Waals surface area contributed by atoms with Crippen LogP contribution in [0, 0.1) is 0 Å². The second-order valence-corrected chi connectivity index (χ2v) is 4.02. The molecule has 66 valence electrons. The summed E-state index contributed by atoms with van der Waals surface area (Å²) in [7, 11) is 0. The molecule has 0 unspecified atom stereocenters. The van der Waals surface area contributed by atoms with Crippen LogP contribution >= 0.6 is 22.9 Å². The van der Waals surface area contributed by atoms with E-state index in [9.17, 15) is 0 Å². The van der Waals surface area contributed by atoms with Crippen molar-refractivity contribution in [2.24, 2.45) is 0 Å². The Morgan fingerprint density at radius 1 is 1.67 bits per heavy atom. The van der Waals surface area contributed by atoms with Gasteiger partial charge >= 0.3 is 0 Å². The predicted molar refractivity (Wildman–Crippen MR) is 51.0 cm³/mol. The van der Waals surface area contributed by atoms with Gasteiger partial charge < -0.3 is 4.90 Å². The van der Waals surface area contributed by atoms with Gasteiger partial charge in [-0.2, -0.15) is 0 Å². The number of hydrogen-bond acceptors (Lipinski definition) is 4. The van der Waals surface area contributed by atoms with Gasteiger partial charge in [0.05, 0.1) is 0 Å². The van der Waals surface area contributed by atoms with Crippen LogP contribution in [-0.4, -0.2) is 28.7 Å². The molecule has 1 aliphatic rings. The number of hydrogen-bond donors (Lipinski definition) is 0. The van der Waals surface area contributed by atoms with E-state index in [2.05, 4.69) is 15.1 Å². The van der Waals surface area contributed by atoms with Crippen molar-refractivity contribution in [1.29, 1.82) is 0 Å². The highest BCUT2D eigenvalue weighted by molar-refractivity contribution is 7.13. The minimum atomic E-state index is 0.663. The number of anilines is 1. The maximum absolute atomic E-state index is 5.70.